The van der Waals surface area contributed by atoms with Crippen molar-refractivity contribution >= 4 is 23.8 Å². The molecule has 114 valence electrons. The normalized spacial score (nSPS) is 9.52. The minimum atomic E-state index is -0.714. The van der Waals surface area contributed by atoms with Gasteiger partial charge in [0.05, 0.1) is 25.5 Å². The van der Waals surface area contributed by atoms with Crippen molar-refractivity contribution in [3.63, 3.8) is 0 Å². The molecule has 0 spiro atoms. The lowest BCUT2D eigenvalue weighted by atomic mass is 10.1. The summed E-state index contributed by atoms with van der Waals surface area (Å²) in [4.78, 5) is 38.5. The highest BCUT2D eigenvalue weighted by atomic mass is 16.5. The summed E-state index contributed by atoms with van der Waals surface area (Å²) in [6.45, 7) is 1.57. The molecule has 0 aliphatic rings. The van der Waals surface area contributed by atoms with E-state index < -0.39 is 18.0 Å². The average molecular weight is 296 g/mol. The third kappa shape index (κ3) is 3.81. The van der Waals surface area contributed by atoms with Crippen LogP contribution >= 0.6 is 0 Å². The van der Waals surface area contributed by atoms with Crippen LogP contribution < -0.4 is 16.2 Å². The van der Waals surface area contributed by atoms with Gasteiger partial charge >= 0.3 is 18.0 Å². The number of ether oxygens (including phenoxy) is 2. The molecule has 0 unspecified atom stereocenters. The number of urea groups is 1. The van der Waals surface area contributed by atoms with Crippen molar-refractivity contribution < 1.29 is 23.9 Å². The number of esters is 2. The number of amides is 2. The van der Waals surface area contributed by atoms with Crippen LogP contribution in [0, 0.1) is 6.92 Å². The zero-order valence-electron chi connectivity index (χ0n) is 12.1. The number of anilines is 1. The van der Waals surface area contributed by atoms with Crippen LogP contribution in [-0.2, 0) is 9.47 Å². The fourth-order valence-corrected chi connectivity index (χ4v) is 1.46. The van der Waals surface area contributed by atoms with Gasteiger partial charge in [0, 0.05) is 7.05 Å². The monoisotopic (exact) mass is 296 g/mol. The molecule has 1 aromatic heterocycles. The average Bonchev–Trinajstić information content (AvgIpc) is 2.50. The molecular weight excluding hydrogens is 280 g/mol. The minimum Gasteiger partial charge on any atom is -0.465 e. The molecule has 0 saturated carbocycles. The van der Waals surface area contributed by atoms with Crippen molar-refractivity contribution in [2.75, 3.05) is 26.7 Å². The van der Waals surface area contributed by atoms with Crippen LogP contribution in [0.15, 0.2) is 6.07 Å². The second-order valence-corrected chi connectivity index (χ2v) is 3.83. The first-order valence-corrected chi connectivity index (χ1v) is 5.86. The van der Waals surface area contributed by atoms with E-state index in [0.717, 1.165) is 0 Å². The lowest BCUT2D eigenvalue weighted by Crippen LogP contribution is -2.37. The Morgan fingerprint density at radius 1 is 1.10 bits per heavy atom. The molecule has 1 heterocycles. The molecule has 0 aliphatic heterocycles. The maximum absolute atomic E-state index is 11.7. The Morgan fingerprint density at radius 2 is 1.67 bits per heavy atom. The Morgan fingerprint density at radius 3 is 2.19 bits per heavy atom. The van der Waals surface area contributed by atoms with Gasteiger partial charge in [0.15, 0.2) is 5.82 Å². The number of methoxy groups -OCH3 is 2. The van der Waals surface area contributed by atoms with Crippen LogP contribution in [0.2, 0.25) is 0 Å². The quantitative estimate of drug-likeness (QED) is 0.537. The smallest absolute Gasteiger partial charge is 0.341 e. The van der Waals surface area contributed by atoms with Crippen molar-refractivity contribution in [3.05, 3.63) is 22.9 Å². The predicted octanol–water partition coefficient (Wildman–Crippen LogP) is 0.219. The number of carbonyl (C=O) groups is 3. The van der Waals surface area contributed by atoms with Gasteiger partial charge < -0.3 is 14.8 Å². The number of nitrogens with zero attached hydrogens (tertiary/aromatic N) is 1. The van der Waals surface area contributed by atoms with Crippen LogP contribution in [0.1, 0.15) is 26.4 Å². The highest BCUT2D eigenvalue weighted by Crippen LogP contribution is 2.18. The Hall–Kier alpha value is -2.84. The number of hydrazine groups is 1. The van der Waals surface area contributed by atoms with E-state index >= 15 is 0 Å². The van der Waals surface area contributed by atoms with E-state index in [1.165, 1.54) is 27.3 Å². The third-order valence-corrected chi connectivity index (χ3v) is 2.55. The number of aromatic nitrogens is 1. The summed E-state index contributed by atoms with van der Waals surface area (Å²) in [5, 5.41) is 2.32. The fraction of sp³-hybridized carbons (Fsp3) is 0.333. The van der Waals surface area contributed by atoms with Crippen molar-refractivity contribution in [1.82, 2.24) is 15.7 Å². The first-order chi connectivity index (χ1) is 9.94. The summed E-state index contributed by atoms with van der Waals surface area (Å²) in [6, 6.07) is 0.760. The Balaban J connectivity index is 3.22. The van der Waals surface area contributed by atoms with Crippen LogP contribution in [-0.4, -0.2) is 44.2 Å². The topological polar surface area (TPSA) is 119 Å². The van der Waals surface area contributed by atoms with E-state index in [2.05, 4.69) is 30.6 Å². The Kier molecular flexibility index (Phi) is 5.47. The van der Waals surface area contributed by atoms with Gasteiger partial charge in [0.2, 0.25) is 0 Å². The molecule has 2 amide bonds. The largest absolute Gasteiger partial charge is 0.465 e. The first-order valence-electron chi connectivity index (χ1n) is 5.86. The van der Waals surface area contributed by atoms with E-state index in [4.69, 9.17) is 0 Å². The number of rotatable bonds is 4. The third-order valence-electron chi connectivity index (χ3n) is 2.55. The summed E-state index contributed by atoms with van der Waals surface area (Å²) in [7, 11) is 3.84. The molecule has 1 rings (SSSR count). The van der Waals surface area contributed by atoms with Gasteiger partial charge in [-0.25, -0.2) is 19.4 Å². The minimum absolute atomic E-state index is 0.0140. The summed E-state index contributed by atoms with van der Waals surface area (Å²) in [5.41, 5.74) is 5.19. The molecule has 9 heteroatoms. The molecule has 0 atom stereocenters. The highest BCUT2D eigenvalue weighted by molar-refractivity contribution is 5.99. The van der Waals surface area contributed by atoms with Crippen LogP contribution in [0.3, 0.4) is 0 Å². The lowest BCUT2D eigenvalue weighted by molar-refractivity contribution is 0.0598. The molecule has 0 aromatic carbocycles. The van der Waals surface area contributed by atoms with E-state index in [-0.39, 0.29) is 16.9 Å². The van der Waals surface area contributed by atoms with Gasteiger partial charge in [-0.05, 0) is 13.0 Å². The van der Waals surface area contributed by atoms with E-state index in [1.54, 1.807) is 6.92 Å². The molecule has 0 saturated heterocycles. The molecule has 9 nitrogen and oxygen atoms in total. The van der Waals surface area contributed by atoms with E-state index in [1.807, 2.05) is 0 Å². The molecule has 1 aromatic rings. The van der Waals surface area contributed by atoms with Crippen LogP contribution in [0.4, 0.5) is 10.6 Å². The van der Waals surface area contributed by atoms with E-state index in [9.17, 15) is 14.4 Å². The Bertz CT molecular complexity index is 573. The standard InChI is InChI=1S/C12H16N4O5/c1-6-7(10(17)20-3)5-8(11(18)21-4)9(14-6)15-16-12(19)13-2/h5H,1-4H3,(H,14,15)(H2,13,16,19). The second-order valence-electron chi connectivity index (χ2n) is 3.83. The molecule has 3 N–H and O–H groups in total. The van der Waals surface area contributed by atoms with Gasteiger partial charge in [0.25, 0.3) is 0 Å². The molecule has 0 fully saturated rings. The number of hydrogen-bond donors (Lipinski definition) is 3. The predicted molar refractivity (Wildman–Crippen MR) is 72.9 cm³/mol. The van der Waals surface area contributed by atoms with Crippen molar-refractivity contribution in [2.45, 2.75) is 6.92 Å². The summed E-state index contributed by atoms with van der Waals surface area (Å²) in [5.74, 6) is -1.29. The van der Waals surface area contributed by atoms with Crippen molar-refractivity contribution in [2.24, 2.45) is 0 Å². The lowest BCUT2D eigenvalue weighted by Gasteiger charge is -2.13. The number of nitrogens with one attached hydrogen (secondary N) is 3. The van der Waals surface area contributed by atoms with Crippen molar-refractivity contribution in [3.8, 4) is 0 Å². The molecule has 21 heavy (non-hydrogen) atoms. The summed E-state index contributed by atoms with van der Waals surface area (Å²) in [6.07, 6.45) is 0. The van der Waals surface area contributed by atoms with Gasteiger partial charge in [-0.1, -0.05) is 0 Å². The zero-order chi connectivity index (χ0) is 16.0. The van der Waals surface area contributed by atoms with Crippen LogP contribution in [0.5, 0.6) is 0 Å². The Labute approximate surface area is 121 Å². The first kappa shape index (κ1) is 16.2. The van der Waals surface area contributed by atoms with Crippen molar-refractivity contribution in [1.29, 1.82) is 0 Å². The van der Waals surface area contributed by atoms with Crippen LogP contribution in [0.25, 0.3) is 0 Å². The second kappa shape index (κ2) is 7.08. The van der Waals surface area contributed by atoms with E-state index in [0.29, 0.717) is 5.69 Å². The van der Waals surface area contributed by atoms with Gasteiger partial charge in [-0.2, -0.15) is 0 Å². The fourth-order valence-electron chi connectivity index (χ4n) is 1.46. The summed E-state index contributed by atoms with van der Waals surface area (Å²) < 4.78 is 9.23. The van der Waals surface area contributed by atoms with Gasteiger partial charge in [0.1, 0.15) is 5.56 Å². The molecule has 0 radical (unpaired) electrons. The molecule has 0 bridgehead atoms. The summed E-state index contributed by atoms with van der Waals surface area (Å²) >= 11 is 0. The highest BCUT2D eigenvalue weighted by Gasteiger charge is 2.20. The SMILES string of the molecule is CNC(=O)NNc1nc(C)c(C(=O)OC)cc1C(=O)OC. The number of aryl methyl sites for hydroxylation is 1. The van der Waals surface area contributed by atoms with Gasteiger partial charge in [-0.3, -0.25) is 10.9 Å². The molecular formula is C12H16N4O5. The number of carbonyl (C=O) groups excluding carboxylic acids is 3. The van der Waals surface area contributed by atoms with Gasteiger partial charge in [-0.15, -0.1) is 0 Å². The number of hydrogen-bond acceptors (Lipinski definition) is 7. The maximum Gasteiger partial charge on any atom is 0.341 e. The zero-order valence-corrected chi connectivity index (χ0v) is 12.1. The maximum atomic E-state index is 11.7. The molecule has 0 aliphatic carbocycles. The number of pyridine rings is 1.